The van der Waals surface area contributed by atoms with Crippen molar-refractivity contribution in [3.8, 4) is 6.07 Å². The second kappa shape index (κ2) is 8.42. The van der Waals surface area contributed by atoms with E-state index in [1.807, 2.05) is 13.0 Å². The fraction of sp³-hybridized carbons (Fsp3) is 0.222. The van der Waals surface area contributed by atoms with Gasteiger partial charge >= 0.3 is 0 Å². The van der Waals surface area contributed by atoms with Gasteiger partial charge in [0.05, 0.1) is 16.1 Å². The maximum atomic E-state index is 12.3. The molecule has 0 radical (unpaired) electrons. The standard InChI is InChI=1S/C18H19N3O3S/c1-2-3-12-20-25(23,24)16-10-8-14(9-11-16)18(22)21-17-7-5-4-6-15(17)13-19/h4-11,20H,2-3,12H2,1H3,(H,21,22). The number of sulfonamides is 1. The fourth-order valence-corrected chi connectivity index (χ4v) is 3.21. The smallest absolute Gasteiger partial charge is 0.255 e. The van der Waals surface area contributed by atoms with Crippen LogP contribution in [-0.2, 0) is 10.0 Å². The van der Waals surface area contributed by atoms with Gasteiger partial charge in [-0.15, -0.1) is 0 Å². The molecule has 0 saturated heterocycles. The Hall–Kier alpha value is -2.69. The molecule has 0 aliphatic rings. The van der Waals surface area contributed by atoms with Crippen LogP contribution in [0.1, 0.15) is 35.7 Å². The molecule has 0 unspecified atom stereocenters. The van der Waals surface area contributed by atoms with E-state index >= 15 is 0 Å². The van der Waals surface area contributed by atoms with Crippen LogP contribution in [0.25, 0.3) is 0 Å². The second-order valence-corrected chi connectivity index (χ2v) is 7.15. The Morgan fingerprint density at radius 3 is 2.44 bits per heavy atom. The van der Waals surface area contributed by atoms with E-state index < -0.39 is 15.9 Å². The Morgan fingerprint density at radius 1 is 1.12 bits per heavy atom. The Bertz CT molecular complexity index is 885. The molecule has 1 amide bonds. The van der Waals surface area contributed by atoms with Crippen LogP contribution in [0.3, 0.4) is 0 Å². The number of nitriles is 1. The zero-order valence-corrected chi connectivity index (χ0v) is 14.6. The summed E-state index contributed by atoms with van der Waals surface area (Å²) in [4.78, 5) is 12.4. The highest BCUT2D eigenvalue weighted by molar-refractivity contribution is 7.89. The van der Waals surface area contributed by atoms with E-state index in [1.165, 1.54) is 24.3 Å². The number of para-hydroxylation sites is 1. The molecule has 0 aromatic heterocycles. The minimum atomic E-state index is -3.57. The minimum absolute atomic E-state index is 0.109. The van der Waals surface area contributed by atoms with E-state index in [4.69, 9.17) is 5.26 Å². The Morgan fingerprint density at radius 2 is 1.80 bits per heavy atom. The molecular formula is C18H19N3O3S. The summed E-state index contributed by atoms with van der Waals surface area (Å²) in [6.07, 6.45) is 1.66. The summed E-state index contributed by atoms with van der Waals surface area (Å²) in [6, 6.07) is 14.3. The lowest BCUT2D eigenvalue weighted by Gasteiger charge is -2.09. The highest BCUT2D eigenvalue weighted by Gasteiger charge is 2.15. The van der Waals surface area contributed by atoms with E-state index in [0.717, 1.165) is 12.8 Å². The highest BCUT2D eigenvalue weighted by Crippen LogP contribution is 2.16. The number of hydrogen-bond acceptors (Lipinski definition) is 4. The van der Waals surface area contributed by atoms with Crippen LogP contribution in [0.2, 0.25) is 0 Å². The molecule has 0 aliphatic carbocycles. The number of amides is 1. The highest BCUT2D eigenvalue weighted by atomic mass is 32.2. The van der Waals surface area contributed by atoms with Crippen molar-refractivity contribution >= 4 is 21.6 Å². The lowest BCUT2D eigenvalue weighted by atomic mass is 10.1. The van der Waals surface area contributed by atoms with Crippen molar-refractivity contribution in [2.45, 2.75) is 24.7 Å². The average molecular weight is 357 g/mol. The van der Waals surface area contributed by atoms with E-state index in [0.29, 0.717) is 23.4 Å². The summed E-state index contributed by atoms with van der Waals surface area (Å²) in [5.74, 6) is -0.411. The van der Waals surface area contributed by atoms with Crippen molar-refractivity contribution in [1.82, 2.24) is 4.72 Å². The van der Waals surface area contributed by atoms with Crippen LogP contribution in [0.4, 0.5) is 5.69 Å². The van der Waals surface area contributed by atoms with Gasteiger partial charge in [-0.1, -0.05) is 25.5 Å². The second-order valence-electron chi connectivity index (χ2n) is 5.39. The van der Waals surface area contributed by atoms with Crippen molar-refractivity contribution in [3.05, 3.63) is 59.7 Å². The third-order valence-corrected chi connectivity index (χ3v) is 5.02. The van der Waals surface area contributed by atoms with Gasteiger partial charge in [-0.2, -0.15) is 5.26 Å². The molecule has 2 aromatic rings. The lowest BCUT2D eigenvalue weighted by Crippen LogP contribution is -2.24. The van der Waals surface area contributed by atoms with Gasteiger partial charge in [0.1, 0.15) is 6.07 Å². The molecule has 0 spiro atoms. The van der Waals surface area contributed by atoms with E-state index in [-0.39, 0.29) is 4.90 Å². The van der Waals surface area contributed by atoms with Gasteiger partial charge in [0, 0.05) is 12.1 Å². The number of rotatable bonds is 7. The van der Waals surface area contributed by atoms with Gasteiger partial charge in [-0.3, -0.25) is 4.79 Å². The molecule has 130 valence electrons. The number of nitrogens with one attached hydrogen (secondary N) is 2. The number of carbonyl (C=O) groups is 1. The molecule has 7 heteroatoms. The van der Waals surface area contributed by atoms with Crippen LogP contribution in [0.15, 0.2) is 53.4 Å². The Kier molecular flexibility index (Phi) is 6.28. The van der Waals surface area contributed by atoms with Crippen LogP contribution < -0.4 is 10.0 Å². The molecule has 0 atom stereocenters. The summed E-state index contributed by atoms with van der Waals surface area (Å²) >= 11 is 0. The number of nitrogens with zero attached hydrogens (tertiary/aromatic N) is 1. The molecule has 0 aliphatic heterocycles. The predicted molar refractivity (Wildman–Crippen MR) is 95.6 cm³/mol. The first-order chi connectivity index (χ1) is 12.0. The largest absolute Gasteiger partial charge is 0.321 e. The third kappa shape index (κ3) is 4.89. The first kappa shape index (κ1) is 18.6. The first-order valence-corrected chi connectivity index (χ1v) is 9.36. The summed E-state index contributed by atoms with van der Waals surface area (Å²) in [6.45, 7) is 2.36. The SMILES string of the molecule is CCCCNS(=O)(=O)c1ccc(C(=O)Nc2ccccc2C#N)cc1. The number of anilines is 1. The molecule has 2 aromatic carbocycles. The van der Waals surface area contributed by atoms with Crippen LogP contribution in [0.5, 0.6) is 0 Å². The molecule has 0 saturated carbocycles. The zero-order chi connectivity index (χ0) is 18.3. The van der Waals surface area contributed by atoms with Gasteiger partial charge in [-0.25, -0.2) is 13.1 Å². The van der Waals surface area contributed by atoms with Gasteiger partial charge in [0.15, 0.2) is 0 Å². The molecule has 25 heavy (non-hydrogen) atoms. The predicted octanol–water partition coefficient (Wildman–Crippen LogP) is 2.89. The summed E-state index contributed by atoms with van der Waals surface area (Å²) in [5.41, 5.74) is 1.07. The monoisotopic (exact) mass is 357 g/mol. The molecule has 0 fully saturated rings. The van der Waals surface area contributed by atoms with Crippen LogP contribution in [-0.4, -0.2) is 20.9 Å². The molecule has 0 heterocycles. The number of hydrogen-bond donors (Lipinski definition) is 2. The molecular weight excluding hydrogens is 338 g/mol. The normalized spacial score (nSPS) is 10.9. The lowest BCUT2D eigenvalue weighted by molar-refractivity contribution is 0.102. The van der Waals surface area contributed by atoms with E-state index in [2.05, 4.69) is 10.0 Å². The van der Waals surface area contributed by atoms with Crippen molar-refractivity contribution in [1.29, 1.82) is 5.26 Å². The molecule has 0 bridgehead atoms. The Balaban J connectivity index is 2.11. The van der Waals surface area contributed by atoms with E-state index in [9.17, 15) is 13.2 Å². The van der Waals surface area contributed by atoms with Crippen molar-refractivity contribution in [3.63, 3.8) is 0 Å². The molecule has 2 N–H and O–H groups in total. The zero-order valence-electron chi connectivity index (χ0n) is 13.8. The maximum Gasteiger partial charge on any atom is 0.255 e. The number of carbonyl (C=O) groups excluding carboxylic acids is 1. The number of benzene rings is 2. The Labute approximate surface area is 147 Å². The van der Waals surface area contributed by atoms with Gasteiger partial charge in [0.25, 0.3) is 5.91 Å². The summed E-state index contributed by atoms with van der Waals surface area (Å²) < 4.78 is 26.7. The fourth-order valence-electron chi connectivity index (χ4n) is 2.14. The third-order valence-electron chi connectivity index (χ3n) is 3.54. The van der Waals surface area contributed by atoms with Crippen LogP contribution in [0, 0.1) is 11.3 Å². The van der Waals surface area contributed by atoms with Crippen molar-refractivity contribution in [2.75, 3.05) is 11.9 Å². The molecule has 2 rings (SSSR count). The van der Waals surface area contributed by atoms with Gasteiger partial charge in [-0.05, 0) is 42.8 Å². The quantitative estimate of drug-likeness (QED) is 0.744. The van der Waals surface area contributed by atoms with Crippen molar-refractivity contribution < 1.29 is 13.2 Å². The topological polar surface area (TPSA) is 99.1 Å². The average Bonchev–Trinajstić information content (AvgIpc) is 2.62. The minimum Gasteiger partial charge on any atom is -0.321 e. The van der Waals surface area contributed by atoms with Crippen LogP contribution >= 0.6 is 0 Å². The first-order valence-electron chi connectivity index (χ1n) is 7.88. The number of unbranched alkanes of at least 4 members (excludes halogenated alkanes) is 1. The maximum absolute atomic E-state index is 12.3. The summed E-state index contributed by atoms with van der Waals surface area (Å²) in [5, 5.41) is 11.7. The van der Waals surface area contributed by atoms with E-state index in [1.54, 1.807) is 24.3 Å². The van der Waals surface area contributed by atoms with Crippen molar-refractivity contribution in [2.24, 2.45) is 0 Å². The summed E-state index contributed by atoms with van der Waals surface area (Å²) in [7, 11) is -3.57. The molecule has 6 nitrogen and oxygen atoms in total. The van der Waals surface area contributed by atoms with Gasteiger partial charge < -0.3 is 5.32 Å². The van der Waals surface area contributed by atoms with Gasteiger partial charge in [0.2, 0.25) is 10.0 Å².